The molecule has 0 saturated carbocycles. The van der Waals surface area contributed by atoms with Crippen LogP contribution in [-0.2, 0) is 0 Å². The lowest BCUT2D eigenvalue weighted by Gasteiger charge is -2.13. The molecular formula is C21H16F3N5O2. The summed E-state index contributed by atoms with van der Waals surface area (Å²) < 4.78 is 43.7. The first kappa shape index (κ1) is 20.3. The number of amides is 1. The van der Waals surface area contributed by atoms with E-state index in [4.69, 9.17) is 0 Å². The van der Waals surface area contributed by atoms with Crippen molar-refractivity contribution in [2.75, 3.05) is 5.32 Å². The second kappa shape index (κ2) is 7.71. The van der Waals surface area contributed by atoms with Gasteiger partial charge in [-0.25, -0.2) is 14.5 Å². The molecule has 1 N–H and O–H groups in total. The van der Waals surface area contributed by atoms with Crippen molar-refractivity contribution in [2.45, 2.75) is 20.2 Å². The summed E-state index contributed by atoms with van der Waals surface area (Å²) in [6.45, 7) is 3.69. The van der Waals surface area contributed by atoms with Gasteiger partial charge in [0, 0.05) is 17.5 Å². The fraction of sp³-hybridized carbons (Fsp3) is 0.143. The molecule has 1 amide bonds. The molecule has 0 atom stereocenters. The number of nitrogens with zero attached hydrogens (tertiary/aromatic N) is 4. The number of para-hydroxylation sites is 1. The van der Waals surface area contributed by atoms with E-state index in [1.807, 2.05) is 19.9 Å². The Hall–Kier alpha value is -3.95. The van der Waals surface area contributed by atoms with Crippen LogP contribution < -0.4 is 10.1 Å². The lowest BCUT2D eigenvalue weighted by Crippen LogP contribution is -2.17. The molecule has 3 aromatic heterocycles. The van der Waals surface area contributed by atoms with Crippen LogP contribution in [0, 0.1) is 13.8 Å². The van der Waals surface area contributed by atoms with Crippen LogP contribution in [0.1, 0.15) is 21.6 Å². The fourth-order valence-corrected chi connectivity index (χ4v) is 3.16. The van der Waals surface area contributed by atoms with Crippen LogP contribution in [0.25, 0.3) is 16.9 Å². The maximum atomic E-state index is 12.8. The third kappa shape index (κ3) is 4.47. The molecule has 0 saturated heterocycles. The van der Waals surface area contributed by atoms with Crippen molar-refractivity contribution in [3.63, 3.8) is 0 Å². The van der Waals surface area contributed by atoms with Crippen molar-refractivity contribution < 1.29 is 22.7 Å². The summed E-state index contributed by atoms with van der Waals surface area (Å²) in [6.07, 6.45) is -2.00. The van der Waals surface area contributed by atoms with Crippen molar-refractivity contribution in [3.05, 3.63) is 71.7 Å². The van der Waals surface area contributed by atoms with Gasteiger partial charge in [0.2, 0.25) is 0 Å². The number of alkyl halides is 3. The number of carbonyl (C=O) groups excluding carboxylic acids is 1. The van der Waals surface area contributed by atoms with Gasteiger partial charge >= 0.3 is 6.36 Å². The number of pyridine rings is 1. The topological polar surface area (TPSA) is 81.4 Å². The molecule has 0 spiro atoms. The highest BCUT2D eigenvalue weighted by Crippen LogP contribution is 2.33. The van der Waals surface area contributed by atoms with E-state index in [0.717, 1.165) is 11.3 Å². The van der Waals surface area contributed by atoms with Gasteiger partial charge in [-0.3, -0.25) is 4.79 Å². The molecule has 4 rings (SSSR count). The third-order valence-electron chi connectivity index (χ3n) is 4.34. The highest BCUT2D eigenvalue weighted by atomic mass is 19.4. The summed E-state index contributed by atoms with van der Waals surface area (Å²) in [5.74, 6) is -0.504. The largest absolute Gasteiger partial charge is 0.573 e. The van der Waals surface area contributed by atoms with Crippen molar-refractivity contribution in [1.29, 1.82) is 0 Å². The summed E-state index contributed by atoms with van der Waals surface area (Å²) in [5, 5.41) is 6.80. The third-order valence-corrected chi connectivity index (χ3v) is 4.34. The second-order valence-corrected chi connectivity index (χ2v) is 6.81. The Kier molecular flexibility index (Phi) is 5.05. The van der Waals surface area contributed by atoms with Crippen LogP contribution in [-0.4, -0.2) is 31.9 Å². The molecule has 4 aromatic rings. The van der Waals surface area contributed by atoms with Gasteiger partial charge < -0.3 is 10.1 Å². The number of halogens is 3. The molecule has 0 radical (unpaired) electrons. The number of rotatable bonds is 4. The molecule has 158 valence electrons. The summed E-state index contributed by atoms with van der Waals surface area (Å²) in [4.78, 5) is 21.4. The van der Waals surface area contributed by atoms with E-state index >= 15 is 0 Å². The summed E-state index contributed by atoms with van der Waals surface area (Å²) >= 11 is 0. The molecule has 0 aliphatic rings. The van der Waals surface area contributed by atoms with E-state index in [1.54, 1.807) is 12.1 Å². The first-order chi connectivity index (χ1) is 14.7. The molecule has 31 heavy (non-hydrogen) atoms. The molecule has 0 unspecified atom stereocenters. The first-order valence-corrected chi connectivity index (χ1v) is 9.16. The zero-order valence-corrected chi connectivity index (χ0v) is 16.4. The minimum absolute atomic E-state index is 0.130. The molecule has 3 heterocycles. The molecule has 0 aliphatic carbocycles. The lowest BCUT2D eigenvalue weighted by molar-refractivity contribution is -0.274. The highest BCUT2D eigenvalue weighted by Gasteiger charge is 2.32. The van der Waals surface area contributed by atoms with Crippen LogP contribution in [0.2, 0.25) is 0 Å². The van der Waals surface area contributed by atoms with Crippen molar-refractivity contribution in [1.82, 2.24) is 19.6 Å². The van der Waals surface area contributed by atoms with E-state index in [0.29, 0.717) is 5.82 Å². The SMILES string of the molecule is Cc1cc(C)nc(NC(=O)c2cnn3ccc(-c4ccccc4OC(F)(F)F)nc23)c1. The molecule has 1 aromatic carbocycles. The first-order valence-electron chi connectivity index (χ1n) is 9.16. The zero-order valence-electron chi connectivity index (χ0n) is 16.4. The van der Waals surface area contributed by atoms with Crippen molar-refractivity contribution >= 4 is 17.4 Å². The average molecular weight is 427 g/mol. The number of ether oxygens (including phenoxy) is 1. The Morgan fingerprint density at radius 1 is 1.10 bits per heavy atom. The standard InChI is InChI=1S/C21H16F3N5O2/c1-12-9-13(2)26-18(10-12)28-20(30)15-11-25-29-8-7-16(27-19(15)29)14-5-3-4-6-17(14)31-21(22,23)24/h3-11H,1-2H3,(H,26,28,30). The van der Waals surface area contributed by atoms with E-state index < -0.39 is 18.0 Å². The predicted octanol–water partition coefficient (Wildman–Crippen LogP) is 4.56. The smallest absolute Gasteiger partial charge is 0.405 e. The van der Waals surface area contributed by atoms with E-state index in [9.17, 15) is 18.0 Å². The molecule has 10 heteroatoms. The maximum Gasteiger partial charge on any atom is 0.573 e. The Balaban J connectivity index is 1.71. The van der Waals surface area contributed by atoms with Crippen LogP contribution in [0.3, 0.4) is 0 Å². The molecule has 7 nitrogen and oxygen atoms in total. The van der Waals surface area contributed by atoms with Crippen LogP contribution >= 0.6 is 0 Å². The monoisotopic (exact) mass is 427 g/mol. The van der Waals surface area contributed by atoms with E-state index in [-0.39, 0.29) is 22.5 Å². The lowest BCUT2D eigenvalue weighted by atomic mass is 10.1. The van der Waals surface area contributed by atoms with Crippen LogP contribution in [0.4, 0.5) is 19.0 Å². The normalized spacial score (nSPS) is 11.5. The number of fused-ring (bicyclic) bond motifs is 1. The number of carbonyl (C=O) groups is 1. The molecule has 0 bridgehead atoms. The molecular weight excluding hydrogens is 411 g/mol. The Morgan fingerprint density at radius 3 is 2.61 bits per heavy atom. The summed E-state index contributed by atoms with van der Waals surface area (Å²) in [5.41, 5.74) is 2.34. The molecule has 0 aliphatic heterocycles. The van der Waals surface area contributed by atoms with Gasteiger partial charge in [0.05, 0.1) is 11.9 Å². The van der Waals surface area contributed by atoms with Gasteiger partial charge in [0.25, 0.3) is 5.91 Å². The average Bonchev–Trinajstić information content (AvgIpc) is 3.09. The Labute approximate surface area is 174 Å². The number of anilines is 1. The molecule has 0 fully saturated rings. The highest BCUT2D eigenvalue weighted by molar-refractivity contribution is 6.07. The Bertz CT molecular complexity index is 1260. The van der Waals surface area contributed by atoms with E-state index in [1.165, 1.54) is 41.2 Å². The van der Waals surface area contributed by atoms with Crippen LogP contribution in [0.15, 0.2) is 54.9 Å². The number of aromatic nitrogens is 4. The number of nitrogens with one attached hydrogen (secondary N) is 1. The minimum atomic E-state index is -4.85. The minimum Gasteiger partial charge on any atom is -0.405 e. The van der Waals surface area contributed by atoms with Crippen molar-refractivity contribution in [3.8, 4) is 17.0 Å². The fourth-order valence-electron chi connectivity index (χ4n) is 3.16. The zero-order chi connectivity index (χ0) is 22.2. The van der Waals surface area contributed by atoms with Gasteiger partial charge in [-0.05, 0) is 49.7 Å². The number of aryl methyl sites for hydroxylation is 2. The maximum absolute atomic E-state index is 12.8. The summed E-state index contributed by atoms with van der Waals surface area (Å²) in [6, 6.07) is 10.7. The predicted molar refractivity (Wildman–Crippen MR) is 107 cm³/mol. The van der Waals surface area contributed by atoms with Gasteiger partial charge in [-0.1, -0.05) is 12.1 Å². The number of hydrogen-bond acceptors (Lipinski definition) is 5. The van der Waals surface area contributed by atoms with Gasteiger partial charge in [-0.15, -0.1) is 13.2 Å². The second-order valence-electron chi connectivity index (χ2n) is 6.81. The summed E-state index contributed by atoms with van der Waals surface area (Å²) in [7, 11) is 0. The van der Waals surface area contributed by atoms with Gasteiger partial charge in [0.1, 0.15) is 17.1 Å². The quantitative estimate of drug-likeness (QED) is 0.516. The number of hydrogen-bond donors (Lipinski definition) is 1. The van der Waals surface area contributed by atoms with E-state index in [2.05, 4.69) is 25.1 Å². The Morgan fingerprint density at radius 2 is 1.87 bits per heavy atom. The van der Waals surface area contributed by atoms with Crippen LogP contribution in [0.5, 0.6) is 5.75 Å². The number of benzene rings is 1. The van der Waals surface area contributed by atoms with Gasteiger partial charge in [-0.2, -0.15) is 5.10 Å². The van der Waals surface area contributed by atoms with Crippen molar-refractivity contribution in [2.24, 2.45) is 0 Å². The van der Waals surface area contributed by atoms with Gasteiger partial charge in [0.15, 0.2) is 5.65 Å².